The van der Waals surface area contributed by atoms with Crippen molar-refractivity contribution in [2.24, 2.45) is 0 Å². The van der Waals surface area contributed by atoms with Crippen LogP contribution in [0.5, 0.6) is 11.5 Å². The van der Waals surface area contributed by atoms with Gasteiger partial charge in [0, 0.05) is 6.42 Å². The highest BCUT2D eigenvalue weighted by Gasteiger charge is 2.20. The average molecular weight is 312 g/mol. The van der Waals surface area contributed by atoms with E-state index >= 15 is 0 Å². The quantitative estimate of drug-likeness (QED) is 0.921. The maximum absolute atomic E-state index is 11.1. The molecule has 1 aromatic heterocycles. The molecular formula is C13H10ClNO4S. The summed E-state index contributed by atoms with van der Waals surface area (Å²) >= 11 is 7.45. The second-order valence-electron chi connectivity index (χ2n) is 4.17. The molecule has 20 heavy (non-hydrogen) atoms. The molecule has 0 aliphatic carbocycles. The van der Waals surface area contributed by atoms with E-state index in [-0.39, 0.29) is 5.69 Å². The number of carboxylic acids is 1. The molecule has 0 saturated carbocycles. The van der Waals surface area contributed by atoms with E-state index in [4.69, 9.17) is 26.2 Å². The third kappa shape index (κ3) is 2.32. The van der Waals surface area contributed by atoms with Crippen LogP contribution in [0.2, 0.25) is 5.02 Å². The molecule has 2 heterocycles. The number of thiazole rings is 1. The highest BCUT2D eigenvalue weighted by atomic mass is 35.5. The number of halogens is 1. The number of benzene rings is 1. The predicted octanol–water partition coefficient (Wildman–Crippen LogP) is 3.32. The number of carbonyl (C=O) groups is 1. The van der Waals surface area contributed by atoms with Gasteiger partial charge in [-0.15, -0.1) is 11.3 Å². The summed E-state index contributed by atoms with van der Waals surface area (Å²) in [6.45, 7) is 1.09. The van der Waals surface area contributed by atoms with Crippen molar-refractivity contribution in [1.82, 2.24) is 4.98 Å². The van der Waals surface area contributed by atoms with Crippen LogP contribution in [0.15, 0.2) is 17.6 Å². The Labute approximate surface area is 123 Å². The van der Waals surface area contributed by atoms with Gasteiger partial charge in [0.1, 0.15) is 0 Å². The van der Waals surface area contributed by atoms with E-state index in [0.717, 1.165) is 6.42 Å². The minimum Gasteiger partial charge on any atom is -0.489 e. The number of aromatic nitrogens is 1. The van der Waals surface area contributed by atoms with E-state index in [0.29, 0.717) is 40.2 Å². The van der Waals surface area contributed by atoms with Crippen LogP contribution in [-0.2, 0) is 0 Å². The maximum Gasteiger partial charge on any atom is 0.356 e. The first kappa shape index (κ1) is 13.2. The van der Waals surface area contributed by atoms with Gasteiger partial charge in [0.05, 0.1) is 28.6 Å². The van der Waals surface area contributed by atoms with Gasteiger partial charge in [0.15, 0.2) is 17.2 Å². The highest BCUT2D eigenvalue weighted by molar-refractivity contribution is 7.13. The number of carboxylic acid groups (broad SMARTS) is 1. The largest absolute Gasteiger partial charge is 0.489 e. The summed E-state index contributed by atoms with van der Waals surface area (Å²) in [6, 6.07) is 3.42. The maximum atomic E-state index is 11.1. The molecule has 5 nitrogen and oxygen atoms in total. The van der Waals surface area contributed by atoms with Crippen molar-refractivity contribution in [3.8, 4) is 21.9 Å². The summed E-state index contributed by atoms with van der Waals surface area (Å²) < 4.78 is 11.1. The zero-order valence-electron chi connectivity index (χ0n) is 10.3. The molecule has 7 heteroatoms. The molecule has 0 spiro atoms. The average Bonchev–Trinajstić information content (AvgIpc) is 2.78. The van der Waals surface area contributed by atoms with E-state index in [1.807, 2.05) is 0 Å². The van der Waals surface area contributed by atoms with Gasteiger partial charge in [-0.25, -0.2) is 9.78 Å². The van der Waals surface area contributed by atoms with Crippen molar-refractivity contribution in [3.05, 3.63) is 28.4 Å². The van der Waals surface area contributed by atoms with Crippen LogP contribution >= 0.6 is 22.9 Å². The SMILES string of the molecule is O=C(O)c1ncsc1-c1cc(Cl)c2c(c1)OCCCO2. The third-order valence-corrected chi connectivity index (χ3v) is 3.99. The normalized spacial score (nSPS) is 13.8. The standard InChI is InChI=1S/C13H10ClNO4S/c14-8-4-7(12-10(13(16)17)15-6-20-12)5-9-11(8)19-3-1-2-18-9/h4-6H,1-3H2,(H,16,17). The monoisotopic (exact) mass is 311 g/mol. The number of ether oxygens (including phenoxy) is 2. The van der Waals surface area contributed by atoms with Gasteiger partial charge in [0.2, 0.25) is 0 Å². The summed E-state index contributed by atoms with van der Waals surface area (Å²) in [5.74, 6) is -0.0199. The van der Waals surface area contributed by atoms with E-state index in [9.17, 15) is 4.79 Å². The fourth-order valence-electron chi connectivity index (χ4n) is 1.97. The summed E-state index contributed by atoms with van der Waals surface area (Å²) in [5, 5.41) is 9.53. The van der Waals surface area contributed by atoms with E-state index in [2.05, 4.69) is 4.98 Å². The lowest BCUT2D eigenvalue weighted by molar-refractivity contribution is 0.0692. The molecule has 0 bridgehead atoms. The Kier molecular flexibility index (Phi) is 3.50. The summed E-state index contributed by atoms with van der Waals surface area (Å²) in [7, 11) is 0. The lowest BCUT2D eigenvalue weighted by atomic mass is 10.1. The van der Waals surface area contributed by atoms with Crippen molar-refractivity contribution >= 4 is 28.9 Å². The molecule has 1 N–H and O–H groups in total. The number of rotatable bonds is 2. The molecule has 0 atom stereocenters. The summed E-state index contributed by atoms with van der Waals surface area (Å²) in [4.78, 5) is 15.5. The van der Waals surface area contributed by atoms with Gasteiger partial charge in [-0.3, -0.25) is 0 Å². The number of nitrogens with zero attached hydrogens (tertiary/aromatic N) is 1. The van der Waals surface area contributed by atoms with Crippen LogP contribution in [0.3, 0.4) is 0 Å². The Morgan fingerprint density at radius 3 is 2.95 bits per heavy atom. The molecule has 0 fully saturated rings. The number of hydrogen-bond acceptors (Lipinski definition) is 5. The van der Waals surface area contributed by atoms with Crippen molar-refractivity contribution in [1.29, 1.82) is 0 Å². The van der Waals surface area contributed by atoms with Crippen LogP contribution in [0.4, 0.5) is 0 Å². The highest BCUT2D eigenvalue weighted by Crippen LogP contribution is 2.42. The molecule has 3 rings (SSSR count). The zero-order valence-corrected chi connectivity index (χ0v) is 11.8. The van der Waals surface area contributed by atoms with Gasteiger partial charge < -0.3 is 14.6 Å². The Hall–Kier alpha value is -1.79. The second kappa shape index (κ2) is 5.30. The molecular weight excluding hydrogens is 302 g/mol. The van der Waals surface area contributed by atoms with Crippen molar-refractivity contribution in [2.45, 2.75) is 6.42 Å². The molecule has 1 aromatic carbocycles. The van der Waals surface area contributed by atoms with Crippen LogP contribution in [-0.4, -0.2) is 29.3 Å². The fourth-order valence-corrected chi connectivity index (χ4v) is 3.00. The lowest BCUT2D eigenvalue weighted by Crippen LogP contribution is -1.99. The van der Waals surface area contributed by atoms with E-state index in [1.54, 1.807) is 12.1 Å². The number of hydrogen-bond donors (Lipinski definition) is 1. The topological polar surface area (TPSA) is 68.7 Å². The predicted molar refractivity (Wildman–Crippen MR) is 75.1 cm³/mol. The van der Waals surface area contributed by atoms with Crippen molar-refractivity contribution in [3.63, 3.8) is 0 Å². The Morgan fingerprint density at radius 2 is 2.15 bits per heavy atom. The third-order valence-electron chi connectivity index (χ3n) is 2.83. The molecule has 0 unspecified atom stereocenters. The smallest absolute Gasteiger partial charge is 0.356 e. The van der Waals surface area contributed by atoms with Crippen LogP contribution in [0, 0.1) is 0 Å². The lowest BCUT2D eigenvalue weighted by Gasteiger charge is -2.11. The van der Waals surface area contributed by atoms with Gasteiger partial charge in [-0.05, 0) is 17.7 Å². The summed E-state index contributed by atoms with van der Waals surface area (Å²) in [5.41, 5.74) is 2.18. The first-order chi connectivity index (χ1) is 9.66. The summed E-state index contributed by atoms with van der Waals surface area (Å²) in [6.07, 6.45) is 0.779. The molecule has 1 aliphatic rings. The first-order valence-corrected chi connectivity index (χ1v) is 7.19. The van der Waals surface area contributed by atoms with Crippen LogP contribution < -0.4 is 9.47 Å². The molecule has 104 valence electrons. The van der Waals surface area contributed by atoms with E-state index < -0.39 is 5.97 Å². The molecule has 2 aromatic rings. The second-order valence-corrected chi connectivity index (χ2v) is 5.43. The van der Waals surface area contributed by atoms with Gasteiger partial charge in [-0.2, -0.15) is 0 Å². The fraction of sp³-hybridized carbons (Fsp3) is 0.231. The first-order valence-electron chi connectivity index (χ1n) is 5.93. The van der Waals surface area contributed by atoms with Crippen molar-refractivity contribution in [2.75, 3.05) is 13.2 Å². The van der Waals surface area contributed by atoms with Gasteiger partial charge >= 0.3 is 5.97 Å². The molecule has 0 amide bonds. The minimum absolute atomic E-state index is 0.0144. The van der Waals surface area contributed by atoms with Crippen molar-refractivity contribution < 1.29 is 19.4 Å². The van der Waals surface area contributed by atoms with E-state index in [1.165, 1.54) is 16.8 Å². The number of fused-ring (bicyclic) bond motifs is 1. The molecule has 0 radical (unpaired) electrons. The Morgan fingerprint density at radius 1 is 1.35 bits per heavy atom. The van der Waals surface area contributed by atoms with Crippen LogP contribution in [0.1, 0.15) is 16.9 Å². The number of aromatic carboxylic acids is 1. The zero-order chi connectivity index (χ0) is 14.1. The molecule has 0 saturated heterocycles. The molecule has 1 aliphatic heterocycles. The van der Waals surface area contributed by atoms with Gasteiger partial charge in [0.25, 0.3) is 0 Å². The van der Waals surface area contributed by atoms with Crippen LogP contribution in [0.25, 0.3) is 10.4 Å². The Bertz CT molecular complexity index is 670. The minimum atomic E-state index is -1.07. The Balaban J connectivity index is 2.11. The van der Waals surface area contributed by atoms with Gasteiger partial charge in [-0.1, -0.05) is 11.6 Å².